The van der Waals surface area contributed by atoms with E-state index in [4.69, 9.17) is 31.8 Å². The molecule has 1 aliphatic rings. The van der Waals surface area contributed by atoms with Crippen LogP contribution in [0.4, 0.5) is 0 Å². The highest BCUT2D eigenvalue weighted by atomic mass is 31.2. The smallest absolute Gasteiger partial charge is 0.348 e. The summed E-state index contributed by atoms with van der Waals surface area (Å²) >= 11 is 0. The van der Waals surface area contributed by atoms with Crippen molar-refractivity contribution < 1.29 is 33.7 Å². The van der Waals surface area contributed by atoms with Crippen molar-refractivity contribution in [2.45, 2.75) is 24.3 Å². The summed E-state index contributed by atoms with van der Waals surface area (Å²) in [5.41, 5.74) is 0. The van der Waals surface area contributed by atoms with E-state index < -0.39 is 31.9 Å². The van der Waals surface area contributed by atoms with Crippen LogP contribution >= 0.6 is 7.60 Å². The van der Waals surface area contributed by atoms with E-state index in [1.165, 1.54) is 0 Å². The zero-order valence-corrected chi connectivity index (χ0v) is 13.6. The van der Waals surface area contributed by atoms with Gasteiger partial charge in [-0.1, -0.05) is 0 Å². The number of likely N-dealkylation sites (N-methyl/N-ethyl adjacent to an activating group) is 1. The zero-order valence-electron chi connectivity index (χ0n) is 12.7. The molecule has 0 aromatic rings. The molecule has 0 bridgehead atoms. The number of nitrogens with zero attached hydrogens (tertiary/aromatic N) is 1. The molecule has 1 rings (SSSR count). The lowest BCUT2D eigenvalue weighted by atomic mass is 9.93. The lowest BCUT2D eigenvalue weighted by molar-refractivity contribution is -0.0431. The maximum Gasteiger partial charge on any atom is 0.348 e. The van der Waals surface area contributed by atoms with E-state index >= 15 is 0 Å². The summed E-state index contributed by atoms with van der Waals surface area (Å²) in [7, 11) is 5.28. The topological polar surface area (TPSA) is 109 Å². The standard InChI is InChI=1S/C12H23BNO7P/c1-14(2)4-5-19-6-7-20-11-10(15)9(21-12(11)13)3-8-22(16,17)18/h3,8-12,15H,4-7H2,1-2H3,(H2,16,17,18)/b8-3+. The van der Waals surface area contributed by atoms with Gasteiger partial charge in [0, 0.05) is 18.4 Å². The van der Waals surface area contributed by atoms with Gasteiger partial charge in [-0.3, -0.25) is 4.57 Å². The Balaban J connectivity index is 2.32. The van der Waals surface area contributed by atoms with Crippen molar-refractivity contribution in [3.8, 4) is 0 Å². The monoisotopic (exact) mass is 335 g/mol. The van der Waals surface area contributed by atoms with Gasteiger partial charge >= 0.3 is 7.60 Å². The molecular weight excluding hydrogens is 312 g/mol. The van der Waals surface area contributed by atoms with Crippen molar-refractivity contribution in [1.29, 1.82) is 0 Å². The maximum atomic E-state index is 10.8. The molecule has 0 aromatic carbocycles. The summed E-state index contributed by atoms with van der Waals surface area (Å²) in [5.74, 6) is 0.681. The molecule has 0 aliphatic carbocycles. The summed E-state index contributed by atoms with van der Waals surface area (Å²) in [6, 6.07) is -0.872. The minimum absolute atomic E-state index is 0.237. The fourth-order valence-corrected chi connectivity index (χ4v) is 2.26. The van der Waals surface area contributed by atoms with Gasteiger partial charge in [0.1, 0.15) is 26.2 Å². The summed E-state index contributed by atoms with van der Waals surface area (Å²) in [6.07, 6.45) is -1.69. The van der Waals surface area contributed by atoms with Gasteiger partial charge in [0.05, 0.1) is 19.8 Å². The molecule has 0 aromatic heterocycles. The molecule has 1 fully saturated rings. The molecule has 1 heterocycles. The van der Waals surface area contributed by atoms with Crippen molar-refractivity contribution in [2.24, 2.45) is 0 Å². The Morgan fingerprint density at radius 1 is 1.32 bits per heavy atom. The molecule has 22 heavy (non-hydrogen) atoms. The largest absolute Gasteiger partial charge is 0.387 e. The van der Waals surface area contributed by atoms with Crippen molar-refractivity contribution in [3.63, 3.8) is 0 Å². The van der Waals surface area contributed by atoms with Crippen molar-refractivity contribution in [1.82, 2.24) is 4.90 Å². The average Bonchev–Trinajstić information content (AvgIpc) is 2.66. The molecule has 0 spiro atoms. The number of aliphatic hydroxyl groups is 1. The van der Waals surface area contributed by atoms with Gasteiger partial charge in [0.25, 0.3) is 0 Å². The predicted octanol–water partition coefficient (Wildman–Crippen LogP) is -1.10. The van der Waals surface area contributed by atoms with Crippen LogP contribution in [0.3, 0.4) is 0 Å². The second kappa shape index (κ2) is 9.15. The lowest BCUT2D eigenvalue weighted by Crippen LogP contribution is -2.36. The van der Waals surface area contributed by atoms with E-state index in [0.717, 1.165) is 12.6 Å². The molecule has 3 N–H and O–H groups in total. The van der Waals surface area contributed by atoms with Crippen LogP contribution in [-0.2, 0) is 18.8 Å². The summed E-state index contributed by atoms with van der Waals surface area (Å²) < 4.78 is 26.8. The van der Waals surface area contributed by atoms with E-state index in [1.807, 2.05) is 19.0 Å². The van der Waals surface area contributed by atoms with E-state index in [9.17, 15) is 9.67 Å². The molecule has 8 nitrogen and oxygen atoms in total. The maximum absolute atomic E-state index is 10.8. The van der Waals surface area contributed by atoms with Crippen LogP contribution in [-0.4, -0.2) is 92.4 Å². The lowest BCUT2D eigenvalue weighted by Gasteiger charge is -2.19. The molecular formula is C12H23BNO7P. The van der Waals surface area contributed by atoms with Crippen molar-refractivity contribution in [2.75, 3.05) is 40.5 Å². The number of aliphatic hydroxyl groups excluding tert-OH is 1. The first kappa shape index (κ1) is 19.8. The van der Waals surface area contributed by atoms with Crippen LogP contribution in [0.1, 0.15) is 0 Å². The number of hydrogen-bond acceptors (Lipinski definition) is 6. The third kappa shape index (κ3) is 7.35. The van der Waals surface area contributed by atoms with Gasteiger partial charge in [-0.15, -0.1) is 0 Å². The Labute approximate surface area is 131 Å². The van der Waals surface area contributed by atoms with Gasteiger partial charge in [0.2, 0.25) is 0 Å². The van der Waals surface area contributed by atoms with Gasteiger partial charge in [-0.05, 0) is 20.2 Å². The normalized spacial score (nSPS) is 29.7. The van der Waals surface area contributed by atoms with Crippen LogP contribution in [0.25, 0.3) is 0 Å². The van der Waals surface area contributed by atoms with Crippen LogP contribution < -0.4 is 0 Å². The second-order valence-electron chi connectivity index (χ2n) is 5.24. The molecule has 10 heteroatoms. The predicted molar refractivity (Wildman–Crippen MR) is 80.7 cm³/mol. The Morgan fingerprint density at radius 3 is 2.59 bits per heavy atom. The Kier molecular flexibility index (Phi) is 8.23. The SMILES string of the molecule is [B]C1OC(/C=C/P(=O)(O)O)C(O)C1OCCOCCN(C)C. The minimum Gasteiger partial charge on any atom is -0.387 e. The molecule has 0 saturated carbocycles. The Morgan fingerprint density at radius 2 is 2.00 bits per heavy atom. The molecule has 1 aliphatic heterocycles. The third-order valence-corrected chi connectivity index (χ3v) is 3.56. The average molecular weight is 335 g/mol. The first-order valence-electron chi connectivity index (χ1n) is 6.88. The third-order valence-electron chi connectivity index (χ3n) is 3.00. The van der Waals surface area contributed by atoms with E-state index in [-0.39, 0.29) is 6.61 Å². The first-order chi connectivity index (χ1) is 10.2. The highest BCUT2D eigenvalue weighted by Crippen LogP contribution is 2.37. The molecule has 0 amide bonds. The highest BCUT2D eigenvalue weighted by Gasteiger charge is 2.40. The van der Waals surface area contributed by atoms with Crippen LogP contribution in [0, 0.1) is 0 Å². The highest BCUT2D eigenvalue weighted by molar-refractivity contribution is 7.55. The molecule has 4 atom stereocenters. The fourth-order valence-electron chi connectivity index (χ4n) is 1.86. The van der Waals surface area contributed by atoms with Gasteiger partial charge in [-0.25, -0.2) is 0 Å². The summed E-state index contributed by atoms with van der Waals surface area (Å²) in [6.45, 7) is 1.96. The zero-order chi connectivity index (χ0) is 16.8. The number of hydrogen-bond donors (Lipinski definition) is 3. The van der Waals surface area contributed by atoms with Crippen LogP contribution in [0.15, 0.2) is 11.9 Å². The quantitative estimate of drug-likeness (QED) is 0.277. The molecule has 2 radical (unpaired) electrons. The fraction of sp³-hybridized carbons (Fsp3) is 0.833. The van der Waals surface area contributed by atoms with Crippen molar-refractivity contribution in [3.05, 3.63) is 11.9 Å². The van der Waals surface area contributed by atoms with E-state index in [2.05, 4.69) is 0 Å². The molecule has 1 saturated heterocycles. The Bertz CT molecular complexity index is 403. The van der Waals surface area contributed by atoms with Crippen molar-refractivity contribution >= 4 is 15.4 Å². The van der Waals surface area contributed by atoms with Gasteiger partial charge < -0.3 is 34.0 Å². The minimum atomic E-state index is -4.30. The molecule has 126 valence electrons. The first-order valence-corrected chi connectivity index (χ1v) is 8.56. The van der Waals surface area contributed by atoms with Crippen LogP contribution in [0.5, 0.6) is 0 Å². The number of ether oxygens (including phenoxy) is 3. The van der Waals surface area contributed by atoms with E-state index in [1.54, 1.807) is 0 Å². The van der Waals surface area contributed by atoms with E-state index in [0.29, 0.717) is 19.0 Å². The summed E-state index contributed by atoms with van der Waals surface area (Å²) in [5, 5.41) is 10.0. The summed E-state index contributed by atoms with van der Waals surface area (Å²) in [4.78, 5) is 19.5. The van der Waals surface area contributed by atoms with Gasteiger partial charge in [0.15, 0.2) is 0 Å². The number of rotatable bonds is 9. The Hall–Kier alpha value is -0.245. The molecule has 4 unspecified atom stereocenters. The second-order valence-corrected chi connectivity index (χ2v) is 6.71. The van der Waals surface area contributed by atoms with Gasteiger partial charge in [-0.2, -0.15) is 0 Å². The van der Waals surface area contributed by atoms with Crippen LogP contribution in [0.2, 0.25) is 0 Å².